The first-order chi connectivity index (χ1) is 13.3. The monoisotopic (exact) mass is 363 g/mol. The van der Waals surface area contributed by atoms with Gasteiger partial charge in [-0.15, -0.1) is 0 Å². The third-order valence-corrected chi connectivity index (χ3v) is 5.51. The van der Waals surface area contributed by atoms with Crippen molar-refractivity contribution in [2.45, 2.75) is 56.7 Å². The summed E-state index contributed by atoms with van der Waals surface area (Å²) in [5.74, 6) is 0. The van der Waals surface area contributed by atoms with Gasteiger partial charge in [-0.2, -0.15) is 5.26 Å². The minimum Gasteiger partial charge on any atom is -0.353 e. The molecule has 3 heteroatoms. The van der Waals surface area contributed by atoms with E-state index in [2.05, 4.69) is 54.6 Å². The molecule has 1 fully saturated rings. The van der Waals surface area contributed by atoms with Gasteiger partial charge in [0.1, 0.15) is 0 Å². The number of benzene rings is 2. The lowest BCUT2D eigenvalue weighted by atomic mass is 9.68. The van der Waals surface area contributed by atoms with Crippen LogP contribution in [0.2, 0.25) is 0 Å². The number of rotatable bonds is 9. The summed E-state index contributed by atoms with van der Waals surface area (Å²) in [5, 5.41) is 9.27. The summed E-state index contributed by atoms with van der Waals surface area (Å²) in [5.41, 5.74) is 2.40. The minimum absolute atomic E-state index is 0.0410. The van der Waals surface area contributed by atoms with E-state index in [9.17, 15) is 5.26 Å². The maximum atomic E-state index is 9.27. The first-order valence-electron chi connectivity index (χ1n) is 10.1. The van der Waals surface area contributed by atoms with E-state index in [1.54, 1.807) is 0 Å². The SMILES string of the molecule is N#CCCC(CCCOC1CCCCO1)(c1ccccc1)c1ccccc1. The zero-order chi connectivity index (χ0) is 18.8. The summed E-state index contributed by atoms with van der Waals surface area (Å²) in [4.78, 5) is 0. The topological polar surface area (TPSA) is 42.2 Å². The van der Waals surface area contributed by atoms with Gasteiger partial charge in [0.05, 0.1) is 6.07 Å². The van der Waals surface area contributed by atoms with Crippen molar-refractivity contribution in [3.05, 3.63) is 71.8 Å². The molecule has 1 aliphatic rings. The quantitative estimate of drug-likeness (QED) is 0.545. The minimum atomic E-state index is -0.158. The van der Waals surface area contributed by atoms with Gasteiger partial charge in [0, 0.05) is 25.0 Å². The van der Waals surface area contributed by atoms with Gasteiger partial charge in [-0.05, 0) is 49.7 Å². The van der Waals surface area contributed by atoms with Gasteiger partial charge >= 0.3 is 0 Å². The maximum absolute atomic E-state index is 9.27. The van der Waals surface area contributed by atoms with Gasteiger partial charge in [0.15, 0.2) is 6.29 Å². The number of hydrogen-bond donors (Lipinski definition) is 0. The predicted molar refractivity (Wildman–Crippen MR) is 107 cm³/mol. The average molecular weight is 364 g/mol. The summed E-state index contributed by atoms with van der Waals surface area (Å²) in [6, 6.07) is 23.6. The summed E-state index contributed by atoms with van der Waals surface area (Å²) in [6.07, 6.45) is 6.53. The molecule has 0 N–H and O–H groups in total. The number of nitriles is 1. The van der Waals surface area contributed by atoms with Gasteiger partial charge in [-0.3, -0.25) is 0 Å². The molecule has 3 nitrogen and oxygen atoms in total. The molecule has 2 aromatic carbocycles. The Morgan fingerprint density at radius 2 is 1.63 bits per heavy atom. The molecular formula is C24H29NO2. The third-order valence-electron chi connectivity index (χ3n) is 5.51. The largest absolute Gasteiger partial charge is 0.353 e. The smallest absolute Gasteiger partial charge is 0.157 e. The van der Waals surface area contributed by atoms with Crippen molar-refractivity contribution in [3.63, 3.8) is 0 Å². The lowest BCUT2D eigenvalue weighted by Gasteiger charge is -2.35. The molecule has 0 radical (unpaired) electrons. The van der Waals surface area contributed by atoms with Gasteiger partial charge < -0.3 is 9.47 Å². The van der Waals surface area contributed by atoms with Crippen molar-refractivity contribution in [2.75, 3.05) is 13.2 Å². The van der Waals surface area contributed by atoms with Crippen LogP contribution < -0.4 is 0 Å². The van der Waals surface area contributed by atoms with E-state index in [0.29, 0.717) is 13.0 Å². The van der Waals surface area contributed by atoms with E-state index in [4.69, 9.17) is 9.47 Å². The van der Waals surface area contributed by atoms with E-state index in [1.165, 1.54) is 17.5 Å². The molecule has 142 valence electrons. The van der Waals surface area contributed by atoms with E-state index in [-0.39, 0.29) is 11.7 Å². The number of nitrogens with zero attached hydrogens (tertiary/aromatic N) is 1. The van der Waals surface area contributed by atoms with Crippen LogP contribution in [0.5, 0.6) is 0 Å². The molecule has 1 unspecified atom stereocenters. The van der Waals surface area contributed by atoms with Crippen LogP contribution in [0.15, 0.2) is 60.7 Å². The highest BCUT2D eigenvalue weighted by Gasteiger charge is 2.33. The van der Waals surface area contributed by atoms with Gasteiger partial charge in [0.2, 0.25) is 0 Å². The maximum Gasteiger partial charge on any atom is 0.157 e. The Hall–Kier alpha value is -2.15. The second-order valence-corrected chi connectivity index (χ2v) is 7.24. The molecule has 1 heterocycles. The van der Waals surface area contributed by atoms with Crippen LogP contribution in [-0.4, -0.2) is 19.5 Å². The molecule has 0 spiro atoms. The Morgan fingerprint density at radius 1 is 0.963 bits per heavy atom. The van der Waals surface area contributed by atoms with Crippen molar-refractivity contribution >= 4 is 0 Å². The zero-order valence-corrected chi connectivity index (χ0v) is 16.0. The molecule has 0 bridgehead atoms. The van der Waals surface area contributed by atoms with Crippen LogP contribution in [0.25, 0.3) is 0 Å². The fourth-order valence-corrected chi connectivity index (χ4v) is 4.08. The lowest BCUT2D eigenvalue weighted by Crippen LogP contribution is -2.29. The Balaban J connectivity index is 1.76. The molecule has 0 aromatic heterocycles. The average Bonchev–Trinajstić information content (AvgIpc) is 2.75. The Kier molecular flexibility index (Phi) is 7.45. The van der Waals surface area contributed by atoms with Gasteiger partial charge in [0.25, 0.3) is 0 Å². The number of hydrogen-bond acceptors (Lipinski definition) is 3. The Morgan fingerprint density at radius 3 is 2.19 bits per heavy atom. The van der Waals surface area contributed by atoms with Crippen LogP contribution in [0, 0.1) is 11.3 Å². The van der Waals surface area contributed by atoms with Crippen LogP contribution >= 0.6 is 0 Å². The van der Waals surface area contributed by atoms with Crippen molar-refractivity contribution in [2.24, 2.45) is 0 Å². The van der Waals surface area contributed by atoms with Crippen molar-refractivity contribution in [1.82, 2.24) is 0 Å². The predicted octanol–water partition coefficient (Wildman–Crippen LogP) is 5.60. The Labute approximate surface area is 162 Å². The molecule has 1 aliphatic heterocycles. The number of ether oxygens (including phenoxy) is 2. The molecule has 1 atom stereocenters. The molecule has 2 aromatic rings. The second kappa shape index (κ2) is 10.3. The summed E-state index contributed by atoms with van der Waals surface area (Å²) >= 11 is 0. The summed E-state index contributed by atoms with van der Waals surface area (Å²) in [6.45, 7) is 1.50. The van der Waals surface area contributed by atoms with Crippen LogP contribution in [-0.2, 0) is 14.9 Å². The fourth-order valence-electron chi connectivity index (χ4n) is 4.08. The zero-order valence-electron chi connectivity index (χ0n) is 16.0. The summed E-state index contributed by atoms with van der Waals surface area (Å²) < 4.78 is 11.6. The van der Waals surface area contributed by atoms with Crippen molar-refractivity contribution < 1.29 is 9.47 Å². The molecule has 27 heavy (non-hydrogen) atoms. The highest BCUT2D eigenvalue weighted by atomic mass is 16.7. The Bertz CT molecular complexity index is 663. The molecular weight excluding hydrogens is 334 g/mol. The highest BCUT2D eigenvalue weighted by molar-refractivity contribution is 5.39. The molecule has 1 saturated heterocycles. The van der Waals surface area contributed by atoms with E-state index in [1.807, 2.05) is 12.1 Å². The summed E-state index contributed by atoms with van der Waals surface area (Å²) in [7, 11) is 0. The fraction of sp³-hybridized carbons (Fsp3) is 0.458. The molecule has 0 aliphatic carbocycles. The van der Waals surface area contributed by atoms with E-state index < -0.39 is 0 Å². The second-order valence-electron chi connectivity index (χ2n) is 7.24. The third kappa shape index (κ3) is 5.19. The van der Waals surface area contributed by atoms with Gasteiger partial charge in [-0.25, -0.2) is 0 Å². The normalized spacial score (nSPS) is 17.4. The molecule has 0 saturated carbocycles. The van der Waals surface area contributed by atoms with Crippen LogP contribution in [0.4, 0.5) is 0 Å². The van der Waals surface area contributed by atoms with E-state index in [0.717, 1.165) is 38.7 Å². The van der Waals surface area contributed by atoms with Crippen LogP contribution in [0.1, 0.15) is 56.1 Å². The lowest BCUT2D eigenvalue weighted by molar-refractivity contribution is -0.163. The van der Waals surface area contributed by atoms with Crippen molar-refractivity contribution in [3.8, 4) is 6.07 Å². The van der Waals surface area contributed by atoms with Crippen molar-refractivity contribution in [1.29, 1.82) is 5.26 Å². The van der Waals surface area contributed by atoms with E-state index >= 15 is 0 Å². The van der Waals surface area contributed by atoms with Crippen LogP contribution in [0.3, 0.4) is 0 Å². The molecule has 0 amide bonds. The van der Waals surface area contributed by atoms with Gasteiger partial charge in [-0.1, -0.05) is 60.7 Å². The first kappa shape index (κ1) is 19.6. The highest BCUT2D eigenvalue weighted by Crippen LogP contribution is 2.41. The standard InChI is InChI=1S/C24H29NO2/c25-18-9-16-24(21-11-3-1-4-12-21,22-13-5-2-6-14-22)17-10-20-27-23-15-7-8-19-26-23/h1-6,11-14,23H,7-10,15-17,19-20H2. The molecule has 3 rings (SSSR count). The first-order valence-corrected chi connectivity index (χ1v) is 10.1.